The molecule has 0 unspecified atom stereocenters. The average Bonchev–Trinajstić information content (AvgIpc) is 2.85. The molecular formula is C13H9N5. The van der Waals surface area contributed by atoms with Gasteiger partial charge in [-0.25, -0.2) is 0 Å². The summed E-state index contributed by atoms with van der Waals surface area (Å²) in [7, 11) is 0. The molecule has 3 aromatic rings. The van der Waals surface area contributed by atoms with Gasteiger partial charge in [0.15, 0.2) is 5.65 Å². The van der Waals surface area contributed by atoms with Gasteiger partial charge in [-0.3, -0.25) is 0 Å². The summed E-state index contributed by atoms with van der Waals surface area (Å²) in [5.74, 6) is 0. The van der Waals surface area contributed by atoms with Crippen LogP contribution in [0.1, 0.15) is 11.1 Å². The second-order valence-electron chi connectivity index (χ2n) is 4.00. The summed E-state index contributed by atoms with van der Waals surface area (Å²) in [6, 6.07) is 11.4. The Hall–Kier alpha value is -2.74. The van der Waals surface area contributed by atoms with Crippen LogP contribution in [0.2, 0.25) is 0 Å². The Bertz CT molecular complexity index is 749. The normalized spacial score (nSPS) is 10.4. The standard InChI is InChI=1S/C13H9N5/c1-9-6-12-16-15-8-18(12)17-13(9)11-4-2-10(7-14)3-5-11/h2-6,8H,1H3. The first-order valence-corrected chi connectivity index (χ1v) is 5.46. The van der Waals surface area contributed by atoms with Crippen molar-refractivity contribution >= 4 is 5.65 Å². The van der Waals surface area contributed by atoms with E-state index in [0.717, 1.165) is 22.5 Å². The van der Waals surface area contributed by atoms with Crippen molar-refractivity contribution < 1.29 is 0 Å². The van der Waals surface area contributed by atoms with Crippen molar-refractivity contribution in [3.05, 3.63) is 47.8 Å². The summed E-state index contributed by atoms with van der Waals surface area (Å²) in [5, 5.41) is 21.0. The minimum atomic E-state index is 0.641. The number of aryl methyl sites for hydroxylation is 1. The summed E-state index contributed by atoms with van der Waals surface area (Å²) in [6.07, 6.45) is 1.57. The Labute approximate surface area is 103 Å². The third-order valence-corrected chi connectivity index (χ3v) is 2.77. The molecule has 2 aromatic heterocycles. The van der Waals surface area contributed by atoms with Gasteiger partial charge in [-0.2, -0.15) is 14.9 Å². The van der Waals surface area contributed by atoms with Gasteiger partial charge in [0.1, 0.15) is 6.33 Å². The monoisotopic (exact) mass is 235 g/mol. The highest BCUT2D eigenvalue weighted by Crippen LogP contribution is 2.21. The Morgan fingerprint density at radius 1 is 1.22 bits per heavy atom. The first-order valence-electron chi connectivity index (χ1n) is 5.46. The zero-order valence-electron chi connectivity index (χ0n) is 9.70. The van der Waals surface area contributed by atoms with Gasteiger partial charge in [0, 0.05) is 5.56 Å². The molecule has 0 aliphatic heterocycles. The van der Waals surface area contributed by atoms with E-state index in [2.05, 4.69) is 21.4 Å². The van der Waals surface area contributed by atoms with E-state index in [9.17, 15) is 0 Å². The minimum Gasteiger partial charge on any atom is -0.200 e. The van der Waals surface area contributed by atoms with Crippen LogP contribution in [0.15, 0.2) is 36.7 Å². The third kappa shape index (κ3) is 1.60. The molecule has 2 heterocycles. The Morgan fingerprint density at radius 3 is 2.72 bits per heavy atom. The smallest absolute Gasteiger partial charge is 0.177 e. The number of hydrogen-bond donors (Lipinski definition) is 0. The van der Waals surface area contributed by atoms with E-state index >= 15 is 0 Å². The predicted molar refractivity (Wildman–Crippen MR) is 65.7 cm³/mol. The zero-order chi connectivity index (χ0) is 12.5. The highest BCUT2D eigenvalue weighted by molar-refractivity contribution is 5.65. The molecule has 0 N–H and O–H groups in total. The van der Waals surface area contributed by atoms with Gasteiger partial charge in [-0.05, 0) is 30.7 Å². The van der Waals surface area contributed by atoms with E-state index in [1.807, 2.05) is 25.1 Å². The van der Waals surface area contributed by atoms with Crippen LogP contribution in [0.25, 0.3) is 16.9 Å². The van der Waals surface area contributed by atoms with Crippen molar-refractivity contribution in [1.82, 2.24) is 19.8 Å². The molecule has 18 heavy (non-hydrogen) atoms. The van der Waals surface area contributed by atoms with Crippen molar-refractivity contribution in [1.29, 1.82) is 5.26 Å². The van der Waals surface area contributed by atoms with Crippen LogP contribution in [0, 0.1) is 18.3 Å². The van der Waals surface area contributed by atoms with Crippen molar-refractivity contribution in [3.63, 3.8) is 0 Å². The fourth-order valence-corrected chi connectivity index (χ4v) is 1.85. The predicted octanol–water partition coefficient (Wildman–Crippen LogP) is 1.97. The Kier molecular flexibility index (Phi) is 2.27. The maximum Gasteiger partial charge on any atom is 0.177 e. The van der Waals surface area contributed by atoms with Gasteiger partial charge < -0.3 is 0 Å². The number of aromatic nitrogens is 4. The molecule has 0 fully saturated rings. The molecule has 0 saturated heterocycles. The number of rotatable bonds is 1. The maximum atomic E-state index is 8.78. The molecule has 0 atom stereocenters. The van der Waals surface area contributed by atoms with Crippen LogP contribution >= 0.6 is 0 Å². The molecule has 5 nitrogen and oxygen atoms in total. The molecule has 0 aliphatic carbocycles. The van der Waals surface area contributed by atoms with Crippen molar-refractivity contribution in [2.45, 2.75) is 6.92 Å². The molecule has 5 heteroatoms. The van der Waals surface area contributed by atoms with Crippen LogP contribution in [0.5, 0.6) is 0 Å². The molecule has 0 amide bonds. The molecular weight excluding hydrogens is 226 g/mol. The molecule has 3 rings (SSSR count). The molecule has 86 valence electrons. The molecule has 0 aliphatic rings. The summed E-state index contributed by atoms with van der Waals surface area (Å²) >= 11 is 0. The Morgan fingerprint density at radius 2 is 2.00 bits per heavy atom. The summed E-state index contributed by atoms with van der Waals surface area (Å²) in [4.78, 5) is 0. The lowest BCUT2D eigenvalue weighted by Crippen LogP contribution is -1.96. The second kappa shape index (κ2) is 3.93. The van der Waals surface area contributed by atoms with E-state index < -0.39 is 0 Å². The largest absolute Gasteiger partial charge is 0.200 e. The van der Waals surface area contributed by atoms with Gasteiger partial charge in [0.05, 0.1) is 17.3 Å². The fraction of sp³-hybridized carbons (Fsp3) is 0.0769. The third-order valence-electron chi connectivity index (χ3n) is 2.77. The topological polar surface area (TPSA) is 66.9 Å². The summed E-state index contributed by atoms with van der Waals surface area (Å²) < 4.78 is 1.64. The molecule has 0 bridgehead atoms. The van der Waals surface area contributed by atoms with E-state index in [-0.39, 0.29) is 0 Å². The van der Waals surface area contributed by atoms with Crippen LogP contribution in [0.4, 0.5) is 0 Å². The molecule has 0 saturated carbocycles. The number of hydrogen-bond acceptors (Lipinski definition) is 4. The molecule has 0 spiro atoms. The van der Waals surface area contributed by atoms with Gasteiger partial charge in [-0.1, -0.05) is 12.1 Å². The first-order chi connectivity index (χ1) is 8.78. The average molecular weight is 235 g/mol. The highest BCUT2D eigenvalue weighted by Gasteiger charge is 2.07. The number of nitriles is 1. The number of fused-ring (bicyclic) bond motifs is 1. The van der Waals surface area contributed by atoms with E-state index in [1.165, 1.54) is 0 Å². The van der Waals surface area contributed by atoms with Gasteiger partial charge >= 0.3 is 0 Å². The van der Waals surface area contributed by atoms with Gasteiger partial charge in [-0.15, -0.1) is 10.2 Å². The van der Waals surface area contributed by atoms with Crippen molar-refractivity contribution in [2.75, 3.05) is 0 Å². The van der Waals surface area contributed by atoms with Crippen molar-refractivity contribution in [3.8, 4) is 17.3 Å². The lowest BCUT2D eigenvalue weighted by atomic mass is 10.1. The SMILES string of the molecule is Cc1cc2nncn2nc1-c1ccc(C#N)cc1. The Balaban J connectivity index is 2.17. The van der Waals surface area contributed by atoms with E-state index in [0.29, 0.717) is 5.56 Å². The molecule has 0 radical (unpaired) electrons. The zero-order valence-corrected chi connectivity index (χ0v) is 9.70. The lowest BCUT2D eigenvalue weighted by molar-refractivity contribution is 0.925. The number of benzene rings is 1. The minimum absolute atomic E-state index is 0.641. The van der Waals surface area contributed by atoms with E-state index in [1.54, 1.807) is 23.0 Å². The number of nitrogens with zero attached hydrogens (tertiary/aromatic N) is 5. The van der Waals surface area contributed by atoms with E-state index in [4.69, 9.17) is 5.26 Å². The summed E-state index contributed by atoms with van der Waals surface area (Å²) in [5.41, 5.74) is 4.24. The van der Waals surface area contributed by atoms with Crippen LogP contribution in [-0.4, -0.2) is 19.8 Å². The quantitative estimate of drug-likeness (QED) is 0.646. The van der Waals surface area contributed by atoms with Gasteiger partial charge in [0.2, 0.25) is 0 Å². The van der Waals surface area contributed by atoms with Crippen molar-refractivity contribution in [2.24, 2.45) is 0 Å². The van der Waals surface area contributed by atoms with Crippen LogP contribution in [0.3, 0.4) is 0 Å². The molecule has 1 aromatic carbocycles. The van der Waals surface area contributed by atoms with Gasteiger partial charge in [0.25, 0.3) is 0 Å². The first kappa shape index (κ1) is 10.4. The van der Waals surface area contributed by atoms with Crippen LogP contribution < -0.4 is 0 Å². The maximum absolute atomic E-state index is 8.78. The highest BCUT2D eigenvalue weighted by atomic mass is 15.3. The second-order valence-corrected chi connectivity index (χ2v) is 4.00. The fourth-order valence-electron chi connectivity index (χ4n) is 1.85. The lowest BCUT2D eigenvalue weighted by Gasteiger charge is -2.05. The van der Waals surface area contributed by atoms with Crippen LogP contribution in [-0.2, 0) is 0 Å². The summed E-state index contributed by atoms with van der Waals surface area (Å²) in [6.45, 7) is 1.98.